The number of rotatable bonds is 4. The van der Waals surface area contributed by atoms with Crippen LogP contribution in [0.1, 0.15) is 14.0 Å². The first-order valence-electron chi connectivity index (χ1n) is 9.44. The lowest BCUT2D eigenvalue weighted by molar-refractivity contribution is -0.142. The van der Waals surface area contributed by atoms with Crippen LogP contribution in [0.5, 0.6) is 0 Å². The van der Waals surface area contributed by atoms with E-state index in [4.69, 9.17) is 30.5 Å². The van der Waals surface area contributed by atoms with Crippen molar-refractivity contribution in [1.29, 1.82) is 0 Å². The van der Waals surface area contributed by atoms with Crippen molar-refractivity contribution in [1.82, 2.24) is 14.9 Å². The number of aromatic nitrogens is 3. The fourth-order valence-corrected chi connectivity index (χ4v) is 3.98. The first-order chi connectivity index (χ1) is 15.4. The molecule has 0 fully saturated rings. The summed E-state index contributed by atoms with van der Waals surface area (Å²) in [5, 5.41) is 7.62. The van der Waals surface area contributed by atoms with Crippen LogP contribution in [0.25, 0.3) is 28.3 Å². The molecule has 4 aromatic rings. The summed E-state index contributed by atoms with van der Waals surface area (Å²) in [4.78, 5) is 0. The predicted octanol–water partition coefficient (Wildman–Crippen LogP) is 7.59. The number of benzene rings is 2. The normalized spacial score (nSPS) is 13.3. The standard InChI is InChI=1S/C20H10Cl2F4IN3O/c21-10-3-1-4-11(7-10)30-19(20(24,25)26)13(9-28-30)18-12(8-27)17(29-31-18)16-14(22)5-2-6-15(16)23/h1-7,9H,8H2/i8D2. The molecule has 0 aliphatic carbocycles. The van der Waals surface area contributed by atoms with E-state index in [0.717, 1.165) is 12.3 Å². The van der Waals surface area contributed by atoms with Gasteiger partial charge in [-0.2, -0.15) is 18.3 Å². The second-order valence-corrected chi connectivity index (χ2v) is 7.61. The van der Waals surface area contributed by atoms with Gasteiger partial charge in [0.25, 0.3) is 0 Å². The van der Waals surface area contributed by atoms with Crippen LogP contribution in [-0.4, -0.2) is 14.9 Å². The molecule has 2 aromatic carbocycles. The van der Waals surface area contributed by atoms with E-state index >= 15 is 0 Å². The molecule has 0 bridgehead atoms. The van der Waals surface area contributed by atoms with Crippen molar-refractivity contribution in [2.24, 2.45) is 0 Å². The Bertz CT molecular complexity index is 1330. The Labute approximate surface area is 199 Å². The number of nitrogens with zero attached hydrogens (tertiary/aromatic N) is 3. The summed E-state index contributed by atoms with van der Waals surface area (Å²) in [6, 6.07) is 9.36. The molecule has 160 valence electrons. The summed E-state index contributed by atoms with van der Waals surface area (Å²) >= 11 is 13.4. The summed E-state index contributed by atoms with van der Waals surface area (Å²) in [6.45, 7) is 0. The van der Waals surface area contributed by atoms with E-state index in [0.29, 0.717) is 4.68 Å². The third-order valence-electron chi connectivity index (χ3n) is 4.32. The smallest absolute Gasteiger partial charge is 0.355 e. The van der Waals surface area contributed by atoms with Crippen LogP contribution in [0, 0.1) is 5.82 Å². The summed E-state index contributed by atoms with van der Waals surface area (Å²) in [5.41, 5.74) is -2.85. The second kappa shape index (κ2) is 8.44. The lowest BCUT2D eigenvalue weighted by Crippen LogP contribution is -2.14. The molecule has 4 rings (SSSR count). The third-order valence-corrected chi connectivity index (χ3v) is 5.41. The Morgan fingerprint density at radius 2 is 1.90 bits per heavy atom. The zero-order chi connectivity index (χ0) is 24.1. The Morgan fingerprint density at radius 1 is 1.16 bits per heavy atom. The minimum atomic E-state index is -4.92. The summed E-state index contributed by atoms with van der Waals surface area (Å²) in [6.07, 6.45) is -4.05. The van der Waals surface area contributed by atoms with E-state index in [-0.39, 0.29) is 27.0 Å². The third kappa shape index (κ3) is 4.06. The Hall–Kier alpha value is -2.11. The molecule has 0 amide bonds. The summed E-state index contributed by atoms with van der Waals surface area (Å²) < 4.78 is 76.9. The van der Waals surface area contributed by atoms with Crippen molar-refractivity contribution >= 4 is 45.8 Å². The van der Waals surface area contributed by atoms with E-state index in [2.05, 4.69) is 10.3 Å². The fourth-order valence-electron chi connectivity index (χ4n) is 3.05. The van der Waals surface area contributed by atoms with Crippen molar-refractivity contribution in [2.45, 2.75) is 10.6 Å². The van der Waals surface area contributed by atoms with E-state index in [9.17, 15) is 17.6 Å². The molecule has 31 heavy (non-hydrogen) atoms. The van der Waals surface area contributed by atoms with Gasteiger partial charge in [0.2, 0.25) is 0 Å². The number of halogens is 7. The molecule has 0 unspecified atom stereocenters. The van der Waals surface area contributed by atoms with Gasteiger partial charge in [-0.1, -0.05) is 63.1 Å². The quantitative estimate of drug-likeness (QED) is 0.141. The van der Waals surface area contributed by atoms with Crippen molar-refractivity contribution in [3.05, 3.63) is 75.8 Å². The Kier molecular flexibility index (Phi) is 5.33. The molecule has 0 saturated carbocycles. The molecule has 0 saturated heterocycles. The van der Waals surface area contributed by atoms with Gasteiger partial charge >= 0.3 is 6.18 Å². The lowest BCUT2D eigenvalue weighted by atomic mass is 10.0. The molecule has 0 aliphatic heterocycles. The molecule has 0 N–H and O–H groups in total. The molecule has 2 heterocycles. The highest BCUT2D eigenvalue weighted by atomic mass is 127. The molecule has 4 nitrogen and oxygen atoms in total. The largest absolute Gasteiger partial charge is 0.434 e. The van der Waals surface area contributed by atoms with Gasteiger partial charge in [0.1, 0.15) is 11.5 Å². The molecule has 0 aliphatic rings. The average molecular weight is 584 g/mol. The van der Waals surface area contributed by atoms with Gasteiger partial charge in [-0.3, -0.25) is 0 Å². The maximum absolute atomic E-state index is 14.5. The van der Waals surface area contributed by atoms with Gasteiger partial charge in [-0.25, -0.2) is 9.07 Å². The van der Waals surface area contributed by atoms with Crippen LogP contribution < -0.4 is 0 Å². The lowest BCUT2D eigenvalue weighted by Gasteiger charge is -2.12. The average Bonchev–Trinajstić information content (AvgIpc) is 3.32. The molecule has 2 aromatic heterocycles. The molecular weight excluding hydrogens is 572 g/mol. The number of hydrogen-bond donors (Lipinski definition) is 0. The second-order valence-electron chi connectivity index (χ2n) is 6.22. The molecule has 0 atom stereocenters. The first-order valence-corrected chi connectivity index (χ1v) is 10.3. The Morgan fingerprint density at radius 3 is 2.55 bits per heavy atom. The fraction of sp³-hybridized carbons (Fsp3) is 0.100. The van der Waals surface area contributed by atoms with E-state index < -0.39 is 39.0 Å². The van der Waals surface area contributed by atoms with Gasteiger partial charge in [-0.05, 0) is 30.3 Å². The molecule has 0 radical (unpaired) electrons. The van der Waals surface area contributed by atoms with Gasteiger partial charge in [0, 0.05) is 17.7 Å². The topological polar surface area (TPSA) is 43.9 Å². The van der Waals surface area contributed by atoms with Crippen LogP contribution >= 0.6 is 45.8 Å². The van der Waals surface area contributed by atoms with Crippen molar-refractivity contribution in [2.75, 3.05) is 0 Å². The highest BCUT2D eigenvalue weighted by Gasteiger charge is 2.41. The maximum atomic E-state index is 14.5. The van der Waals surface area contributed by atoms with Crippen LogP contribution in [-0.2, 0) is 10.6 Å². The van der Waals surface area contributed by atoms with Crippen LogP contribution in [0.4, 0.5) is 17.6 Å². The van der Waals surface area contributed by atoms with Crippen molar-refractivity contribution < 1.29 is 24.8 Å². The monoisotopic (exact) mass is 583 g/mol. The van der Waals surface area contributed by atoms with Crippen molar-refractivity contribution in [3.63, 3.8) is 0 Å². The van der Waals surface area contributed by atoms with Gasteiger partial charge < -0.3 is 4.52 Å². The van der Waals surface area contributed by atoms with Gasteiger partial charge in [0.05, 0.1) is 28.0 Å². The van der Waals surface area contributed by atoms with Crippen LogP contribution in [0.3, 0.4) is 0 Å². The maximum Gasteiger partial charge on any atom is 0.434 e. The summed E-state index contributed by atoms with van der Waals surface area (Å²) in [5.74, 6) is -1.39. The molecule has 11 heteroatoms. The highest BCUT2D eigenvalue weighted by molar-refractivity contribution is 14.1. The minimum Gasteiger partial charge on any atom is -0.355 e. The predicted molar refractivity (Wildman–Crippen MR) is 117 cm³/mol. The van der Waals surface area contributed by atoms with Gasteiger partial charge in [0.15, 0.2) is 11.5 Å². The van der Waals surface area contributed by atoms with Crippen molar-refractivity contribution in [3.8, 4) is 28.3 Å². The van der Waals surface area contributed by atoms with E-state index in [1.807, 2.05) is 0 Å². The highest BCUT2D eigenvalue weighted by Crippen LogP contribution is 2.43. The molecular formula is C20H10Cl2F4IN3O. The van der Waals surface area contributed by atoms with E-state index in [1.54, 1.807) is 0 Å². The van der Waals surface area contributed by atoms with Crippen LogP contribution in [0.15, 0.2) is 53.2 Å². The first kappa shape index (κ1) is 19.6. The summed E-state index contributed by atoms with van der Waals surface area (Å²) in [7, 11) is 0. The number of hydrogen-bond acceptors (Lipinski definition) is 3. The van der Waals surface area contributed by atoms with E-state index in [1.165, 1.54) is 59.0 Å². The van der Waals surface area contributed by atoms with Crippen LogP contribution in [0.2, 0.25) is 10.0 Å². The Balaban J connectivity index is 2.02. The SMILES string of the molecule is [2H]C([2H])(I)c1c(-c2c(F)cccc2Cl)noc1-c1cnn(-c2cccc(Cl)c2)c1C(F)(F)F. The minimum absolute atomic E-state index is 0.0250. The molecule has 0 spiro atoms. The number of alkyl halides is 4. The zero-order valence-electron chi connectivity index (χ0n) is 17.0. The zero-order valence-corrected chi connectivity index (χ0v) is 18.7. The van der Waals surface area contributed by atoms with Gasteiger partial charge in [-0.15, -0.1) is 0 Å².